The van der Waals surface area contributed by atoms with E-state index in [9.17, 15) is 4.79 Å². The van der Waals surface area contributed by atoms with Crippen LogP contribution in [-0.2, 0) is 16.8 Å². The number of fused-ring (bicyclic) bond motifs is 5. The highest BCUT2D eigenvalue weighted by molar-refractivity contribution is 5.89. The second kappa shape index (κ2) is 6.56. The van der Waals surface area contributed by atoms with E-state index in [1.54, 1.807) is 0 Å². The molecule has 1 fully saturated rings. The second-order valence-corrected chi connectivity index (χ2v) is 9.54. The summed E-state index contributed by atoms with van der Waals surface area (Å²) in [6.07, 6.45) is 2.33. The number of hydrogen-bond donors (Lipinski definition) is 0. The van der Waals surface area contributed by atoms with Gasteiger partial charge in [-0.25, -0.2) is 9.48 Å². The first-order valence-corrected chi connectivity index (χ1v) is 10.7. The Morgan fingerprint density at radius 2 is 1.80 bits per heavy atom. The molecule has 2 atom stereocenters. The minimum absolute atomic E-state index is 0.0645. The molecule has 5 rings (SSSR count). The van der Waals surface area contributed by atoms with Gasteiger partial charge in [-0.3, -0.25) is 0 Å². The smallest absolute Gasteiger partial charge is 0.338 e. The van der Waals surface area contributed by atoms with Gasteiger partial charge in [-0.05, 0) is 55.4 Å². The molecule has 1 aromatic heterocycles. The molecule has 0 amide bonds. The van der Waals surface area contributed by atoms with Gasteiger partial charge in [-0.15, -0.1) is 0 Å². The fraction of sp³-hybridized carbons (Fsp3) is 0.385. The van der Waals surface area contributed by atoms with Crippen LogP contribution in [0.5, 0.6) is 0 Å². The van der Waals surface area contributed by atoms with Crippen molar-refractivity contribution in [3.05, 3.63) is 82.7 Å². The SMILES string of the molecule is Cc1ccc(C(=O)OCc2nn(-c3ccccc3)c3c2[C@@H]2CC[C@@]3(C)C2(C)C)cc1. The zero-order valence-corrected chi connectivity index (χ0v) is 18.1. The molecule has 0 saturated heterocycles. The van der Waals surface area contributed by atoms with E-state index in [0.29, 0.717) is 11.5 Å². The predicted octanol–water partition coefficient (Wildman–Crippen LogP) is 5.71. The number of nitrogens with zero attached hydrogens (tertiary/aromatic N) is 2. The average molecular weight is 401 g/mol. The third-order valence-electron chi connectivity index (χ3n) is 7.72. The zero-order chi connectivity index (χ0) is 21.1. The molecule has 0 aliphatic heterocycles. The molecule has 0 spiro atoms. The van der Waals surface area contributed by atoms with Crippen LogP contribution >= 0.6 is 0 Å². The second-order valence-electron chi connectivity index (χ2n) is 9.54. The molecule has 4 nitrogen and oxygen atoms in total. The third-order valence-corrected chi connectivity index (χ3v) is 7.72. The standard InChI is InChI=1S/C26H28N2O2/c1-17-10-12-18(13-11-17)24(29)30-16-21-22-20-14-15-26(4,25(20,2)3)23(22)28(27-21)19-8-6-5-7-9-19/h5-13,20H,14-16H2,1-4H3/t20-,26+/m0/s1. The molecule has 2 bridgehead atoms. The minimum Gasteiger partial charge on any atom is -0.455 e. The largest absolute Gasteiger partial charge is 0.455 e. The Hall–Kier alpha value is -2.88. The molecule has 2 aromatic carbocycles. The van der Waals surface area contributed by atoms with Crippen molar-refractivity contribution >= 4 is 5.97 Å². The quantitative estimate of drug-likeness (QED) is 0.527. The molecule has 154 valence electrons. The maximum Gasteiger partial charge on any atom is 0.338 e. The lowest BCUT2D eigenvalue weighted by Gasteiger charge is -2.35. The maximum atomic E-state index is 12.6. The number of aromatic nitrogens is 2. The monoisotopic (exact) mass is 400 g/mol. The number of hydrogen-bond acceptors (Lipinski definition) is 3. The van der Waals surface area contributed by atoms with Gasteiger partial charge in [-0.1, -0.05) is 56.7 Å². The van der Waals surface area contributed by atoms with E-state index in [4.69, 9.17) is 9.84 Å². The first-order chi connectivity index (χ1) is 14.3. The maximum absolute atomic E-state index is 12.6. The topological polar surface area (TPSA) is 44.1 Å². The molecule has 1 heterocycles. The van der Waals surface area contributed by atoms with E-state index in [-0.39, 0.29) is 23.4 Å². The number of rotatable bonds is 4. The Labute approximate surface area is 177 Å². The summed E-state index contributed by atoms with van der Waals surface area (Å²) in [5.74, 6) is 0.148. The molecule has 2 aliphatic rings. The van der Waals surface area contributed by atoms with Crippen molar-refractivity contribution in [2.45, 2.75) is 58.5 Å². The van der Waals surface area contributed by atoms with Gasteiger partial charge in [0, 0.05) is 11.0 Å². The van der Waals surface area contributed by atoms with E-state index in [2.05, 4.69) is 37.6 Å². The number of ether oxygens (including phenoxy) is 1. The molecule has 2 aliphatic carbocycles. The van der Waals surface area contributed by atoms with Gasteiger partial charge in [-0.2, -0.15) is 5.10 Å². The van der Waals surface area contributed by atoms with Gasteiger partial charge in [0.15, 0.2) is 0 Å². The van der Waals surface area contributed by atoms with Crippen LogP contribution in [0.1, 0.15) is 72.4 Å². The number of benzene rings is 2. The van der Waals surface area contributed by atoms with Crippen LogP contribution in [0, 0.1) is 12.3 Å². The number of esters is 1. The highest BCUT2D eigenvalue weighted by Crippen LogP contribution is 2.68. The summed E-state index contributed by atoms with van der Waals surface area (Å²) in [4.78, 5) is 12.6. The van der Waals surface area contributed by atoms with Crippen LogP contribution in [0.25, 0.3) is 5.69 Å². The summed E-state index contributed by atoms with van der Waals surface area (Å²) in [5.41, 5.74) is 6.49. The summed E-state index contributed by atoms with van der Waals surface area (Å²) in [5, 5.41) is 4.97. The molecule has 4 heteroatoms. The first-order valence-electron chi connectivity index (χ1n) is 10.7. The molecule has 0 unspecified atom stereocenters. The predicted molar refractivity (Wildman–Crippen MR) is 117 cm³/mol. The van der Waals surface area contributed by atoms with Crippen LogP contribution in [0.15, 0.2) is 54.6 Å². The summed E-state index contributed by atoms with van der Waals surface area (Å²) in [7, 11) is 0. The lowest BCUT2D eigenvalue weighted by atomic mass is 9.70. The van der Waals surface area contributed by atoms with Crippen molar-refractivity contribution < 1.29 is 9.53 Å². The van der Waals surface area contributed by atoms with Gasteiger partial charge in [0.2, 0.25) is 0 Å². The lowest BCUT2D eigenvalue weighted by Crippen LogP contribution is -2.33. The lowest BCUT2D eigenvalue weighted by molar-refractivity contribution is 0.0465. The summed E-state index contributed by atoms with van der Waals surface area (Å²) in [6, 6.07) is 17.8. The molecule has 30 heavy (non-hydrogen) atoms. The van der Waals surface area contributed by atoms with Gasteiger partial charge >= 0.3 is 5.97 Å². The van der Waals surface area contributed by atoms with E-state index >= 15 is 0 Å². The summed E-state index contributed by atoms with van der Waals surface area (Å²) < 4.78 is 7.82. The number of para-hydroxylation sites is 1. The van der Waals surface area contributed by atoms with E-state index in [1.165, 1.54) is 17.7 Å². The highest BCUT2D eigenvalue weighted by atomic mass is 16.5. The van der Waals surface area contributed by atoms with Gasteiger partial charge < -0.3 is 4.74 Å². The molecular weight excluding hydrogens is 372 g/mol. The Morgan fingerprint density at radius 1 is 1.10 bits per heavy atom. The van der Waals surface area contributed by atoms with Crippen LogP contribution in [0.2, 0.25) is 0 Å². The Morgan fingerprint density at radius 3 is 2.50 bits per heavy atom. The van der Waals surface area contributed by atoms with Crippen molar-refractivity contribution in [1.29, 1.82) is 0 Å². The van der Waals surface area contributed by atoms with Gasteiger partial charge in [0.25, 0.3) is 0 Å². The Balaban J connectivity index is 1.53. The zero-order valence-electron chi connectivity index (χ0n) is 18.1. The highest BCUT2D eigenvalue weighted by Gasteiger charge is 2.62. The van der Waals surface area contributed by atoms with Crippen LogP contribution in [-0.4, -0.2) is 15.7 Å². The average Bonchev–Trinajstić information content (AvgIpc) is 3.29. The number of aryl methyl sites for hydroxylation is 1. The minimum atomic E-state index is -0.299. The molecular formula is C26H28N2O2. The molecule has 0 N–H and O–H groups in total. The van der Waals surface area contributed by atoms with Crippen LogP contribution < -0.4 is 0 Å². The number of carbonyl (C=O) groups excluding carboxylic acids is 1. The van der Waals surface area contributed by atoms with E-state index in [1.807, 2.05) is 49.4 Å². The number of carbonyl (C=O) groups is 1. The van der Waals surface area contributed by atoms with Crippen molar-refractivity contribution in [3.8, 4) is 5.69 Å². The van der Waals surface area contributed by atoms with Crippen molar-refractivity contribution in [1.82, 2.24) is 9.78 Å². The summed E-state index contributed by atoms with van der Waals surface area (Å²) in [6.45, 7) is 9.34. The fourth-order valence-electron chi connectivity index (χ4n) is 5.57. The van der Waals surface area contributed by atoms with Gasteiger partial charge in [0.1, 0.15) is 12.3 Å². The Kier molecular flexibility index (Phi) is 4.18. The molecule has 3 aromatic rings. The van der Waals surface area contributed by atoms with Crippen molar-refractivity contribution in [3.63, 3.8) is 0 Å². The normalized spacial score (nSPS) is 23.4. The Bertz CT molecular complexity index is 1110. The third kappa shape index (κ3) is 2.59. The van der Waals surface area contributed by atoms with E-state index < -0.39 is 0 Å². The van der Waals surface area contributed by atoms with Crippen LogP contribution in [0.4, 0.5) is 0 Å². The van der Waals surface area contributed by atoms with Gasteiger partial charge in [0.05, 0.1) is 16.9 Å². The summed E-state index contributed by atoms with van der Waals surface area (Å²) >= 11 is 0. The fourth-order valence-corrected chi connectivity index (χ4v) is 5.57. The molecule has 1 saturated carbocycles. The van der Waals surface area contributed by atoms with Crippen LogP contribution in [0.3, 0.4) is 0 Å². The first kappa shape index (κ1) is 19.1. The van der Waals surface area contributed by atoms with Crippen molar-refractivity contribution in [2.75, 3.05) is 0 Å². The van der Waals surface area contributed by atoms with E-state index in [0.717, 1.165) is 23.4 Å². The molecule has 0 radical (unpaired) electrons. The van der Waals surface area contributed by atoms with Crippen molar-refractivity contribution in [2.24, 2.45) is 5.41 Å².